The Morgan fingerprint density at radius 2 is 1.81 bits per heavy atom. The van der Waals surface area contributed by atoms with Gasteiger partial charge < -0.3 is 15.0 Å². The number of rotatable bonds is 3. The molecule has 1 atom stereocenters. The Balaban J connectivity index is 1.86. The number of halogens is 2. The highest BCUT2D eigenvalue weighted by Gasteiger charge is 2.30. The van der Waals surface area contributed by atoms with Crippen molar-refractivity contribution in [3.8, 4) is 0 Å². The minimum absolute atomic E-state index is 0.147. The average Bonchev–Trinajstić information content (AvgIpc) is 2.55. The van der Waals surface area contributed by atoms with Crippen molar-refractivity contribution in [3.63, 3.8) is 0 Å². The third-order valence-electron chi connectivity index (χ3n) is 4.32. The van der Waals surface area contributed by atoms with Gasteiger partial charge in [0.25, 0.3) is 0 Å². The number of amides is 2. The summed E-state index contributed by atoms with van der Waals surface area (Å²) in [5.41, 5.74) is -0.0472. The van der Waals surface area contributed by atoms with Crippen LogP contribution in [0.3, 0.4) is 0 Å². The van der Waals surface area contributed by atoms with E-state index in [2.05, 4.69) is 5.32 Å². The zero-order valence-corrected chi connectivity index (χ0v) is 15.6. The maximum atomic E-state index is 13.3. The summed E-state index contributed by atoms with van der Waals surface area (Å²) in [5.74, 6) is -2.22. The number of carbonyl (C=O) groups excluding carboxylic acids is 2. The molecular formula is C19H26F2N2O3. The van der Waals surface area contributed by atoms with E-state index in [1.54, 1.807) is 11.8 Å². The van der Waals surface area contributed by atoms with Crippen molar-refractivity contribution in [1.82, 2.24) is 10.2 Å². The molecule has 0 spiro atoms. The lowest BCUT2D eigenvalue weighted by Crippen LogP contribution is -2.45. The number of hydrogen-bond donors (Lipinski definition) is 1. The molecule has 2 rings (SSSR count). The van der Waals surface area contributed by atoms with E-state index in [9.17, 15) is 18.4 Å². The molecule has 26 heavy (non-hydrogen) atoms. The van der Waals surface area contributed by atoms with Gasteiger partial charge in [0.1, 0.15) is 5.60 Å². The predicted molar refractivity (Wildman–Crippen MR) is 93.4 cm³/mol. The molecular weight excluding hydrogens is 342 g/mol. The molecule has 144 valence electrons. The summed E-state index contributed by atoms with van der Waals surface area (Å²) < 4.78 is 31.7. The number of likely N-dealkylation sites (tertiary alicyclic amines) is 1. The lowest BCUT2D eigenvalue weighted by Gasteiger charge is -2.33. The highest BCUT2D eigenvalue weighted by Crippen LogP contribution is 2.22. The van der Waals surface area contributed by atoms with Crippen molar-refractivity contribution in [2.45, 2.75) is 52.2 Å². The normalized spacial score (nSPS) is 16.9. The fourth-order valence-electron chi connectivity index (χ4n) is 2.85. The number of nitrogens with zero attached hydrogens (tertiary/aromatic N) is 1. The first-order valence-corrected chi connectivity index (χ1v) is 8.80. The van der Waals surface area contributed by atoms with Gasteiger partial charge in [-0.05, 0) is 58.2 Å². The third kappa shape index (κ3) is 5.41. The van der Waals surface area contributed by atoms with E-state index in [0.717, 1.165) is 12.1 Å². The minimum Gasteiger partial charge on any atom is -0.444 e. The second-order valence-electron chi connectivity index (χ2n) is 7.65. The number of hydrogen-bond acceptors (Lipinski definition) is 3. The summed E-state index contributed by atoms with van der Waals surface area (Å²) in [6.07, 6.45) is 0.706. The van der Waals surface area contributed by atoms with Crippen molar-refractivity contribution in [2.75, 3.05) is 13.1 Å². The van der Waals surface area contributed by atoms with Crippen LogP contribution in [0.4, 0.5) is 13.6 Å². The zero-order chi connectivity index (χ0) is 19.5. The van der Waals surface area contributed by atoms with E-state index >= 15 is 0 Å². The Morgan fingerprint density at radius 1 is 1.19 bits per heavy atom. The molecule has 0 bridgehead atoms. The first kappa shape index (κ1) is 20.1. The molecule has 1 unspecified atom stereocenters. The van der Waals surface area contributed by atoms with Crippen LogP contribution in [0.2, 0.25) is 0 Å². The van der Waals surface area contributed by atoms with Crippen LogP contribution in [0.25, 0.3) is 0 Å². The maximum absolute atomic E-state index is 13.3. The molecule has 0 radical (unpaired) electrons. The number of nitrogens with one attached hydrogen (secondary N) is 1. The molecule has 1 aliphatic rings. The Labute approximate surface area is 152 Å². The van der Waals surface area contributed by atoms with Gasteiger partial charge in [0.05, 0.1) is 6.04 Å². The molecule has 0 aliphatic carbocycles. The average molecular weight is 368 g/mol. The maximum Gasteiger partial charge on any atom is 0.410 e. The van der Waals surface area contributed by atoms with Gasteiger partial charge >= 0.3 is 6.09 Å². The van der Waals surface area contributed by atoms with Gasteiger partial charge in [-0.15, -0.1) is 0 Å². The number of ether oxygens (including phenoxy) is 1. The SMILES string of the molecule is CC(NC(=O)C1CCN(C(=O)OC(C)(C)C)CC1)c1ccc(F)c(F)c1. The van der Waals surface area contributed by atoms with Crippen LogP contribution in [0.5, 0.6) is 0 Å². The molecule has 1 aromatic rings. The van der Waals surface area contributed by atoms with E-state index in [1.165, 1.54) is 6.07 Å². The number of piperidine rings is 1. The van der Waals surface area contributed by atoms with E-state index < -0.39 is 23.3 Å². The van der Waals surface area contributed by atoms with Crippen molar-refractivity contribution in [3.05, 3.63) is 35.4 Å². The second-order valence-corrected chi connectivity index (χ2v) is 7.65. The van der Waals surface area contributed by atoms with Crippen molar-refractivity contribution >= 4 is 12.0 Å². The Bertz CT molecular complexity index is 665. The molecule has 5 nitrogen and oxygen atoms in total. The first-order chi connectivity index (χ1) is 12.1. The highest BCUT2D eigenvalue weighted by molar-refractivity contribution is 5.79. The Morgan fingerprint density at radius 3 is 2.35 bits per heavy atom. The molecule has 1 aromatic carbocycles. The molecule has 1 fully saturated rings. The second kappa shape index (κ2) is 8.01. The molecule has 1 saturated heterocycles. The Hall–Kier alpha value is -2.18. The minimum atomic E-state index is -0.936. The topological polar surface area (TPSA) is 58.6 Å². The van der Waals surface area contributed by atoms with Gasteiger partial charge in [-0.2, -0.15) is 0 Å². The highest BCUT2D eigenvalue weighted by atomic mass is 19.2. The summed E-state index contributed by atoms with van der Waals surface area (Å²) in [6, 6.07) is 3.16. The van der Waals surface area contributed by atoms with Crippen LogP contribution in [0.15, 0.2) is 18.2 Å². The van der Waals surface area contributed by atoms with Gasteiger partial charge in [-0.25, -0.2) is 13.6 Å². The smallest absolute Gasteiger partial charge is 0.410 e. The molecule has 7 heteroatoms. The van der Waals surface area contributed by atoms with Crippen LogP contribution in [0.1, 0.15) is 52.1 Å². The largest absolute Gasteiger partial charge is 0.444 e. The summed E-state index contributed by atoms with van der Waals surface area (Å²) in [5, 5.41) is 2.83. The summed E-state index contributed by atoms with van der Waals surface area (Å²) in [6.45, 7) is 8.06. The van der Waals surface area contributed by atoms with Gasteiger partial charge in [0.15, 0.2) is 11.6 Å². The van der Waals surface area contributed by atoms with Crippen molar-refractivity contribution in [2.24, 2.45) is 5.92 Å². The van der Waals surface area contributed by atoms with E-state index in [1.807, 2.05) is 20.8 Å². The molecule has 0 aromatic heterocycles. The van der Waals surface area contributed by atoms with E-state index in [4.69, 9.17) is 4.74 Å². The zero-order valence-electron chi connectivity index (χ0n) is 15.6. The van der Waals surface area contributed by atoms with Gasteiger partial charge in [-0.1, -0.05) is 6.07 Å². The van der Waals surface area contributed by atoms with Gasteiger partial charge in [-0.3, -0.25) is 4.79 Å². The third-order valence-corrected chi connectivity index (χ3v) is 4.32. The van der Waals surface area contributed by atoms with Crippen LogP contribution in [-0.2, 0) is 9.53 Å². The van der Waals surface area contributed by atoms with Crippen LogP contribution in [0, 0.1) is 17.6 Å². The van der Waals surface area contributed by atoms with Crippen LogP contribution < -0.4 is 5.32 Å². The summed E-state index contributed by atoms with van der Waals surface area (Å²) >= 11 is 0. The monoisotopic (exact) mass is 368 g/mol. The quantitative estimate of drug-likeness (QED) is 0.883. The van der Waals surface area contributed by atoms with Crippen LogP contribution in [-0.4, -0.2) is 35.6 Å². The fraction of sp³-hybridized carbons (Fsp3) is 0.579. The molecule has 2 amide bonds. The van der Waals surface area contributed by atoms with Crippen LogP contribution >= 0.6 is 0 Å². The predicted octanol–water partition coefficient (Wildman–Crippen LogP) is 3.79. The first-order valence-electron chi connectivity index (χ1n) is 8.80. The van der Waals surface area contributed by atoms with E-state index in [0.29, 0.717) is 31.5 Å². The molecule has 1 aliphatic heterocycles. The van der Waals surface area contributed by atoms with Gasteiger partial charge in [0, 0.05) is 19.0 Å². The number of carbonyl (C=O) groups is 2. The fourth-order valence-corrected chi connectivity index (χ4v) is 2.85. The molecule has 1 N–H and O–H groups in total. The van der Waals surface area contributed by atoms with E-state index in [-0.39, 0.29) is 17.9 Å². The lowest BCUT2D eigenvalue weighted by atomic mass is 9.95. The van der Waals surface area contributed by atoms with Gasteiger partial charge in [0.2, 0.25) is 5.91 Å². The Kier molecular flexibility index (Phi) is 6.21. The van der Waals surface area contributed by atoms with Crippen molar-refractivity contribution in [1.29, 1.82) is 0 Å². The summed E-state index contributed by atoms with van der Waals surface area (Å²) in [4.78, 5) is 26.1. The molecule has 1 heterocycles. The summed E-state index contributed by atoms with van der Waals surface area (Å²) in [7, 11) is 0. The molecule has 0 saturated carbocycles. The lowest BCUT2D eigenvalue weighted by molar-refractivity contribution is -0.127. The number of benzene rings is 1. The van der Waals surface area contributed by atoms with Crippen molar-refractivity contribution < 1.29 is 23.1 Å². The standard InChI is InChI=1S/C19H26F2N2O3/c1-12(14-5-6-15(20)16(21)11-14)22-17(24)13-7-9-23(10-8-13)18(25)26-19(2,3)4/h5-6,11-13H,7-10H2,1-4H3,(H,22,24).